The Labute approximate surface area is 194 Å². The van der Waals surface area contributed by atoms with Gasteiger partial charge < -0.3 is 5.11 Å². The van der Waals surface area contributed by atoms with Crippen molar-refractivity contribution in [1.29, 1.82) is 0 Å². The van der Waals surface area contributed by atoms with Crippen molar-refractivity contribution < 1.29 is 71.0 Å². The van der Waals surface area contributed by atoms with Crippen molar-refractivity contribution in [2.75, 3.05) is 6.61 Å². The summed E-state index contributed by atoms with van der Waals surface area (Å²) >= 11 is 0. The standard InChI is InChI=1S/C20H5BF15O/c22-6-3(7(23)13(29)18(34)12(6)28)21(1-2-37,4-8(24)14(30)19(35)15(31)9(4)25)5-10(26)16(32)20(36)17(33)11(5)27/h37H,1-2H2/q-1. The molecule has 200 valence electrons. The van der Waals surface area contributed by atoms with Crippen molar-refractivity contribution in [3.63, 3.8) is 0 Å². The number of benzene rings is 3. The van der Waals surface area contributed by atoms with E-state index in [4.69, 9.17) is 0 Å². The first kappa shape index (κ1) is 28.2. The number of hydrogen-bond donors (Lipinski definition) is 1. The quantitative estimate of drug-likeness (QED) is 0.216. The highest BCUT2D eigenvalue weighted by Crippen LogP contribution is 2.29. The van der Waals surface area contributed by atoms with Crippen molar-refractivity contribution >= 4 is 22.5 Å². The molecule has 3 aromatic carbocycles. The maximum Gasteiger partial charge on any atom is 0.200 e. The zero-order chi connectivity index (χ0) is 28.3. The van der Waals surface area contributed by atoms with Gasteiger partial charge in [-0.15, -0.1) is 22.7 Å². The zero-order valence-electron chi connectivity index (χ0n) is 17.1. The molecule has 0 heterocycles. The summed E-state index contributed by atoms with van der Waals surface area (Å²) in [6.45, 7) is -1.86. The Hall–Kier alpha value is -3.37. The SMILES string of the molecule is OCC[B-](c1c(F)c(F)c(F)c(F)c1F)(c1c(F)c(F)c(F)c(F)c1F)c1c(F)c(F)c(F)c(F)c1F. The Balaban J connectivity index is 2.86. The van der Waals surface area contributed by atoms with Gasteiger partial charge in [-0.25, -0.2) is 65.9 Å². The molecule has 0 bridgehead atoms. The molecule has 0 saturated heterocycles. The fourth-order valence-corrected chi connectivity index (χ4v) is 4.22. The Morgan fingerprint density at radius 2 is 0.486 bits per heavy atom. The first-order valence-corrected chi connectivity index (χ1v) is 9.43. The molecule has 0 aliphatic carbocycles. The minimum absolute atomic E-state index is 1.86. The predicted octanol–water partition coefficient (Wildman–Crippen LogP) is 4.24. The number of aliphatic hydroxyl groups is 1. The highest BCUT2D eigenvalue weighted by molar-refractivity contribution is 7.11. The van der Waals surface area contributed by atoms with E-state index < -0.39 is 123 Å². The van der Waals surface area contributed by atoms with E-state index in [0.717, 1.165) is 0 Å². The Kier molecular flexibility index (Phi) is 7.24. The third-order valence-corrected chi connectivity index (χ3v) is 5.77. The van der Waals surface area contributed by atoms with E-state index in [1.54, 1.807) is 0 Å². The minimum Gasteiger partial charge on any atom is -0.400 e. The van der Waals surface area contributed by atoms with E-state index in [0.29, 0.717) is 0 Å². The van der Waals surface area contributed by atoms with Crippen LogP contribution in [0.15, 0.2) is 0 Å². The topological polar surface area (TPSA) is 20.2 Å². The summed E-state index contributed by atoms with van der Waals surface area (Å²) in [5.74, 6) is -46.1. The van der Waals surface area contributed by atoms with Crippen LogP contribution in [0, 0.1) is 87.3 Å². The van der Waals surface area contributed by atoms with Crippen molar-refractivity contribution in [3.8, 4) is 0 Å². The molecule has 0 spiro atoms. The van der Waals surface area contributed by atoms with Crippen LogP contribution in [0.3, 0.4) is 0 Å². The molecule has 0 fully saturated rings. The van der Waals surface area contributed by atoms with Crippen LogP contribution in [0.25, 0.3) is 0 Å². The molecule has 3 rings (SSSR count). The van der Waals surface area contributed by atoms with E-state index in [-0.39, 0.29) is 0 Å². The van der Waals surface area contributed by atoms with Crippen molar-refractivity contribution in [2.45, 2.75) is 6.32 Å². The van der Waals surface area contributed by atoms with E-state index >= 15 is 0 Å². The average Bonchev–Trinajstić information content (AvgIpc) is 2.86. The highest BCUT2D eigenvalue weighted by atomic mass is 19.2. The van der Waals surface area contributed by atoms with E-state index in [1.165, 1.54) is 0 Å². The fraction of sp³-hybridized carbons (Fsp3) is 0.100. The van der Waals surface area contributed by atoms with Gasteiger partial charge in [0.1, 0.15) is 41.0 Å². The molecule has 37 heavy (non-hydrogen) atoms. The minimum atomic E-state index is -5.66. The Bertz CT molecular complexity index is 1200. The summed E-state index contributed by atoms with van der Waals surface area (Å²) in [5.41, 5.74) is -8.22. The molecule has 1 nitrogen and oxygen atoms in total. The Morgan fingerprint density at radius 3 is 0.649 bits per heavy atom. The number of rotatable bonds is 5. The third-order valence-electron chi connectivity index (χ3n) is 5.77. The number of hydrogen-bond acceptors (Lipinski definition) is 1. The number of halogens is 15. The molecule has 0 saturated carbocycles. The molecule has 0 aromatic heterocycles. The van der Waals surface area contributed by atoms with Gasteiger partial charge in [0.15, 0.2) is 52.4 Å². The van der Waals surface area contributed by atoms with E-state index in [9.17, 15) is 71.0 Å². The average molecular weight is 557 g/mol. The lowest BCUT2D eigenvalue weighted by Crippen LogP contribution is -2.73. The van der Waals surface area contributed by atoms with Crippen LogP contribution < -0.4 is 16.4 Å². The van der Waals surface area contributed by atoms with Crippen LogP contribution in [0.1, 0.15) is 0 Å². The van der Waals surface area contributed by atoms with Gasteiger partial charge in [-0.05, 0) is 0 Å². The van der Waals surface area contributed by atoms with Crippen LogP contribution in [0.2, 0.25) is 6.32 Å². The molecule has 0 aliphatic heterocycles. The fourth-order valence-electron chi connectivity index (χ4n) is 4.22. The van der Waals surface area contributed by atoms with Gasteiger partial charge >= 0.3 is 0 Å². The largest absolute Gasteiger partial charge is 0.400 e. The van der Waals surface area contributed by atoms with Crippen molar-refractivity contribution in [3.05, 3.63) is 87.3 Å². The molecule has 0 atom stereocenters. The van der Waals surface area contributed by atoms with Crippen LogP contribution in [-0.4, -0.2) is 17.9 Å². The molecule has 0 amide bonds. The molecule has 17 heteroatoms. The highest BCUT2D eigenvalue weighted by Gasteiger charge is 2.47. The summed E-state index contributed by atoms with van der Waals surface area (Å²) in [5, 5.41) is 9.41. The first-order valence-electron chi connectivity index (χ1n) is 9.43. The van der Waals surface area contributed by atoms with Gasteiger partial charge in [-0.3, -0.25) is 0 Å². The lowest BCUT2D eigenvalue weighted by atomic mass is 9.13. The maximum absolute atomic E-state index is 14.9. The smallest absolute Gasteiger partial charge is 0.200 e. The molecule has 1 N–H and O–H groups in total. The lowest BCUT2D eigenvalue weighted by molar-refractivity contribution is 0.316. The summed E-state index contributed by atoms with van der Waals surface area (Å²) in [4.78, 5) is 0. The van der Waals surface area contributed by atoms with Crippen molar-refractivity contribution in [1.82, 2.24) is 0 Å². The van der Waals surface area contributed by atoms with Gasteiger partial charge in [0.2, 0.25) is 0 Å². The molecule has 0 unspecified atom stereocenters. The molecule has 3 aromatic rings. The molecular formula is C20H5BF15O-. The molecular weight excluding hydrogens is 552 g/mol. The zero-order valence-corrected chi connectivity index (χ0v) is 17.1. The van der Waals surface area contributed by atoms with Gasteiger partial charge in [0.25, 0.3) is 0 Å². The van der Waals surface area contributed by atoms with Gasteiger partial charge in [0, 0.05) is 6.61 Å². The monoisotopic (exact) mass is 557 g/mol. The second kappa shape index (κ2) is 9.50. The summed E-state index contributed by atoms with van der Waals surface area (Å²) in [7, 11) is 0. The Morgan fingerprint density at radius 1 is 0.324 bits per heavy atom. The second-order valence-electron chi connectivity index (χ2n) is 7.51. The van der Waals surface area contributed by atoms with Crippen molar-refractivity contribution in [2.24, 2.45) is 0 Å². The summed E-state index contributed by atoms with van der Waals surface area (Å²) in [6, 6.07) is 0. The third kappa shape index (κ3) is 3.73. The molecule has 0 radical (unpaired) electrons. The van der Waals surface area contributed by atoms with Gasteiger partial charge in [0.05, 0.1) is 0 Å². The first-order chi connectivity index (χ1) is 17.1. The van der Waals surface area contributed by atoms with Crippen LogP contribution in [0.5, 0.6) is 0 Å². The van der Waals surface area contributed by atoms with Crippen LogP contribution >= 0.6 is 0 Å². The van der Waals surface area contributed by atoms with E-state index in [2.05, 4.69) is 0 Å². The number of aliphatic hydroxyl groups excluding tert-OH is 1. The lowest BCUT2D eigenvalue weighted by Gasteiger charge is -2.43. The van der Waals surface area contributed by atoms with Gasteiger partial charge in [-0.1, -0.05) is 0 Å². The second-order valence-corrected chi connectivity index (χ2v) is 7.51. The summed E-state index contributed by atoms with van der Waals surface area (Å²) < 4.78 is 215. The van der Waals surface area contributed by atoms with Crippen LogP contribution in [0.4, 0.5) is 65.9 Å². The van der Waals surface area contributed by atoms with Gasteiger partial charge in [-0.2, -0.15) is 0 Å². The van der Waals surface area contributed by atoms with Crippen LogP contribution in [-0.2, 0) is 0 Å². The summed E-state index contributed by atoms with van der Waals surface area (Å²) in [6.07, 6.45) is -7.74. The molecule has 0 aliphatic rings. The predicted molar refractivity (Wildman–Crippen MR) is 95.2 cm³/mol. The van der Waals surface area contributed by atoms with E-state index in [1.807, 2.05) is 0 Å². The maximum atomic E-state index is 14.9. The normalized spacial score (nSPS) is 12.0.